The molecule has 0 saturated carbocycles. The van der Waals surface area contributed by atoms with Gasteiger partial charge in [0.25, 0.3) is 5.91 Å². The first-order chi connectivity index (χ1) is 12.2. The minimum absolute atomic E-state index is 0.0119. The zero-order valence-corrected chi connectivity index (χ0v) is 13.6. The topological polar surface area (TPSA) is 80.9 Å². The molecule has 3 aromatic rings. The van der Waals surface area contributed by atoms with E-state index in [-0.39, 0.29) is 18.1 Å². The van der Waals surface area contributed by atoms with Gasteiger partial charge in [0, 0.05) is 0 Å². The van der Waals surface area contributed by atoms with Crippen LogP contribution in [0.2, 0.25) is 0 Å². The number of carbonyl (C=O) groups is 1. The van der Waals surface area contributed by atoms with Gasteiger partial charge in [-0.2, -0.15) is 0 Å². The molecular formula is C19H17NO5. The van der Waals surface area contributed by atoms with E-state index in [0.29, 0.717) is 22.9 Å². The van der Waals surface area contributed by atoms with E-state index in [1.807, 2.05) is 12.1 Å². The summed E-state index contributed by atoms with van der Waals surface area (Å²) in [5.41, 5.74) is 0.315. The molecule has 0 saturated heterocycles. The average molecular weight is 339 g/mol. The molecule has 0 radical (unpaired) electrons. The molecule has 128 valence electrons. The molecule has 3 rings (SSSR count). The molecule has 0 bridgehead atoms. The van der Waals surface area contributed by atoms with Gasteiger partial charge in [0.05, 0.1) is 12.8 Å². The van der Waals surface area contributed by atoms with Crippen LogP contribution in [0.5, 0.6) is 17.2 Å². The molecule has 0 unspecified atom stereocenters. The van der Waals surface area contributed by atoms with Crippen LogP contribution in [0.15, 0.2) is 65.1 Å². The van der Waals surface area contributed by atoms with Gasteiger partial charge in [-0.15, -0.1) is 0 Å². The predicted molar refractivity (Wildman–Crippen MR) is 92.1 cm³/mol. The molecule has 1 heterocycles. The van der Waals surface area contributed by atoms with Crippen molar-refractivity contribution in [1.29, 1.82) is 0 Å². The third-order valence-corrected chi connectivity index (χ3v) is 3.48. The van der Waals surface area contributed by atoms with Gasteiger partial charge in [-0.1, -0.05) is 24.3 Å². The Morgan fingerprint density at radius 2 is 1.76 bits per heavy atom. The summed E-state index contributed by atoms with van der Waals surface area (Å²) < 4.78 is 16.4. The SMILES string of the molecule is COc1ccccc1OCc1ccc(C(=O)Nc2ccccc2O)o1. The van der Waals surface area contributed by atoms with Gasteiger partial charge in [-0.05, 0) is 36.4 Å². The van der Waals surface area contributed by atoms with Gasteiger partial charge in [-0.3, -0.25) is 4.79 Å². The maximum Gasteiger partial charge on any atom is 0.291 e. The van der Waals surface area contributed by atoms with Gasteiger partial charge in [-0.25, -0.2) is 0 Å². The predicted octanol–water partition coefficient (Wildman–Crippen LogP) is 3.83. The summed E-state index contributed by atoms with van der Waals surface area (Å²) in [6, 6.07) is 17.0. The average Bonchev–Trinajstić information content (AvgIpc) is 3.11. The summed E-state index contributed by atoms with van der Waals surface area (Å²) in [6.45, 7) is 0.157. The van der Waals surface area contributed by atoms with Gasteiger partial charge >= 0.3 is 0 Å². The molecule has 25 heavy (non-hydrogen) atoms. The molecular weight excluding hydrogens is 322 g/mol. The second kappa shape index (κ2) is 7.44. The zero-order valence-electron chi connectivity index (χ0n) is 13.6. The minimum Gasteiger partial charge on any atom is -0.506 e. The Labute approximate surface area is 144 Å². The number of carbonyl (C=O) groups excluding carboxylic acids is 1. The van der Waals surface area contributed by atoms with Crippen molar-refractivity contribution in [2.24, 2.45) is 0 Å². The Morgan fingerprint density at radius 3 is 2.52 bits per heavy atom. The van der Waals surface area contributed by atoms with Crippen LogP contribution in [0.25, 0.3) is 0 Å². The number of para-hydroxylation sites is 4. The molecule has 0 atom stereocenters. The van der Waals surface area contributed by atoms with Crippen LogP contribution in [0.3, 0.4) is 0 Å². The molecule has 2 aromatic carbocycles. The van der Waals surface area contributed by atoms with Gasteiger partial charge < -0.3 is 24.3 Å². The fourth-order valence-electron chi connectivity index (χ4n) is 2.23. The lowest BCUT2D eigenvalue weighted by atomic mass is 10.3. The highest BCUT2D eigenvalue weighted by molar-refractivity contribution is 6.03. The van der Waals surface area contributed by atoms with Crippen LogP contribution in [0.1, 0.15) is 16.3 Å². The Hall–Kier alpha value is -3.41. The Balaban J connectivity index is 1.64. The summed E-state index contributed by atoms with van der Waals surface area (Å²) in [5, 5.41) is 12.3. The lowest BCUT2D eigenvalue weighted by Gasteiger charge is -2.08. The number of hydrogen-bond acceptors (Lipinski definition) is 5. The Bertz CT molecular complexity index is 872. The summed E-state index contributed by atoms with van der Waals surface area (Å²) in [5.74, 6) is 1.36. The molecule has 0 aliphatic heterocycles. The fraction of sp³-hybridized carbons (Fsp3) is 0.105. The third kappa shape index (κ3) is 3.92. The smallest absolute Gasteiger partial charge is 0.291 e. The summed E-state index contributed by atoms with van der Waals surface area (Å²) in [4.78, 5) is 12.2. The zero-order chi connectivity index (χ0) is 17.6. The lowest BCUT2D eigenvalue weighted by molar-refractivity contribution is 0.0992. The van der Waals surface area contributed by atoms with Crippen molar-refractivity contribution in [3.63, 3.8) is 0 Å². The maximum atomic E-state index is 12.2. The number of phenols is 1. The van der Waals surface area contributed by atoms with Crippen molar-refractivity contribution in [2.75, 3.05) is 12.4 Å². The number of nitrogens with one attached hydrogen (secondary N) is 1. The van der Waals surface area contributed by atoms with E-state index in [0.717, 1.165) is 0 Å². The number of hydrogen-bond donors (Lipinski definition) is 2. The number of benzene rings is 2. The van der Waals surface area contributed by atoms with E-state index in [4.69, 9.17) is 13.9 Å². The number of ether oxygens (including phenoxy) is 2. The molecule has 1 aromatic heterocycles. The highest BCUT2D eigenvalue weighted by Gasteiger charge is 2.14. The molecule has 2 N–H and O–H groups in total. The molecule has 6 heteroatoms. The number of methoxy groups -OCH3 is 1. The minimum atomic E-state index is -0.454. The van der Waals surface area contributed by atoms with Crippen LogP contribution < -0.4 is 14.8 Å². The Kier molecular flexibility index (Phi) is 4.89. The van der Waals surface area contributed by atoms with Crippen molar-refractivity contribution < 1.29 is 23.8 Å². The standard InChI is InChI=1S/C19H17NO5/c1-23-16-8-4-5-9-17(16)24-12-13-10-11-18(25-13)19(22)20-14-6-2-3-7-15(14)21/h2-11,21H,12H2,1H3,(H,20,22). The van der Waals surface area contributed by atoms with E-state index in [1.54, 1.807) is 49.6 Å². The highest BCUT2D eigenvalue weighted by Crippen LogP contribution is 2.27. The Morgan fingerprint density at radius 1 is 1.04 bits per heavy atom. The molecule has 0 aliphatic rings. The maximum absolute atomic E-state index is 12.2. The van der Waals surface area contributed by atoms with Gasteiger partial charge in [0.15, 0.2) is 17.3 Å². The van der Waals surface area contributed by atoms with Crippen LogP contribution in [-0.2, 0) is 6.61 Å². The first-order valence-electron chi connectivity index (χ1n) is 7.61. The molecule has 0 aliphatic carbocycles. The van der Waals surface area contributed by atoms with Crippen molar-refractivity contribution in [3.8, 4) is 17.2 Å². The molecule has 1 amide bonds. The number of aromatic hydroxyl groups is 1. The van der Waals surface area contributed by atoms with Crippen LogP contribution in [0, 0.1) is 0 Å². The molecule has 0 fully saturated rings. The number of anilines is 1. The lowest BCUT2D eigenvalue weighted by Crippen LogP contribution is -2.10. The van der Waals surface area contributed by atoms with Crippen molar-refractivity contribution >= 4 is 11.6 Å². The summed E-state index contributed by atoms with van der Waals surface area (Å²) in [6.07, 6.45) is 0. The van der Waals surface area contributed by atoms with Crippen molar-refractivity contribution in [3.05, 3.63) is 72.2 Å². The van der Waals surface area contributed by atoms with Crippen LogP contribution in [-0.4, -0.2) is 18.1 Å². The van der Waals surface area contributed by atoms with E-state index < -0.39 is 5.91 Å². The van der Waals surface area contributed by atoms with E-state index in [2.05, 4.69) is 5.32 Å². The monoisotopic (exact) mass is 339 g/mol. The van der Waals surface area contributed by atoms with Gasteiger partial charge in [0.1, 0.15) is 18.1 Å². The number of amides is 1. The van der Waals surface area contributed by atoms with E-state index in [9.17, 15) is 9.90 Å². The molecule has 0 spiro atoms. The van der Waals surface area contributed by atoms with E-state index in [1.165, 1.54) is 6.07 Å². The second-order valence-electron chi connectivity index (χ2n) is 5.18. The second-order valence-corrected chi connectivity index (χ2v) is 5.18. The third-order valence-electron chi connectivity index (χ3n) is 3.48. The molecule has 6 nitrogen and oxygen atoms in total. The van der Waals surface area contributed by atoms with Gasteiger partial charge in [0.2, 0.25) is 0 Å². The van der Waals surface area contributed by atoms with Crippen LogP contribution >= 0.6 is 0 Å². The number of furan rings is 1. The normalized spacial score (nSPS) is 10.3. The highest BCUT2D eigenvalue weighted by atomic mass is 16.5. The first kappa shape index (κ1) is 16.4. The van der Waals surface area contributed by atoms with Crippen LogP contribution in [0.4, 0.5) is 5.69 Å². The summed E-state index contributed by atoms with van der Waals surface area (Å²) in [7, 11) is 1.57. The summed E-state index contributed by atoms with van der Waals surface area (Å²) >= 11 is 0. The fourth-order valence-corrected chi connectivity index (χ4v) is 2.23. The van der Waals surface area contributed by atoms with Crippen molar-refractivity contribution in [2.45, 2.75) is 6.61 Å². The first-order valence-corrected chi connectivity index (χ1v) is 7.61. The number of rotatable bonds is 6. The quantitative estimate of drug-likeness (QED) is 0.667. The largest absolute Gasteiger partial charge is 0.506 e. The number of phenolic OH excluding ortho intramolecular Hbond substituents is 1. The van der Waals surface area contributed by atoms with Crippen molar-refractivity contribution in [1.82, 2.24) is 0 Å². The van der Waals surface area contributed by atoms with E-state index >= 15 is 0 Å².